The second-order valence-electron chi connectivity index (χ2n) is 5.82. The summed E-state index contributed by atoms with van der Waals surface area (Å²) in [6, 6.07) is 6.66. The van der Waals surface area contributed by atoms with Crippen LogP contribution in [0.1, 0.15) is 50.4 Å². The van der Waals surface area contributed by atoms with Crippen molar-refractivity contribution in [2.75, 3.05) is 13.2 Å². The molecule has 1 rings (SSSR count). The summed E-state index contributed by atoms with van der Waals surface area (Å²) in [6.07, 6.45) is 2.17. The molecular formula is C18H26ClNO4. The monoisotopic (exact) mass is 355 g/mol. The van der Waals surface area contributed by atoms with Gasteiger partial charge in [0.1, 0.15) is 6.10 Å². The first-order chi connectivity index (χ1) is 11.4. The van der Waals surface area contributed by atoms with Crippen LogP contribution >= 0.6 is 11.6 Å². The van der Waals surface area contributed by atoms with Crippen molar-refractivity contribution in [3.8, 4) is 0 Å². The molecule has 0 amide bonds. The highest BCUT2D eigenvalue weighted by Gasteiger charge is 2.16. The van der Waals surface area contributed by atoms with E-state index in [1.807, 2.05) is 20.8 Å². The summed E-state index contributed by atoms with van der Waals surface area (Å²) >= 11 is 5.86. The minimum absolute atomic E-state index is 0.0193. The number of carbonyl (C=O) groups is 2. The van der Waals surface area contributed by atoms with Crippen molar-refractivity contribution in [3.05, 3.63) is 34.9 Å². The maximum atomic E-state index is 12.0. The van der Waals surface area contributed by atoms with Gasteiger partial charge in [0.15, 0.2) is 0 Å². The molecule has 2 atom stereocenters. The van der Waals surface area contributed by atoms with Crippen LogP contribution in [0.4, 0.5) is 0 Å². The van der Waals surface area contributed by atoms with Gasteiger partial charge in [0.2, 0.25) is 0 Å². The predicted octanol–water partition coefficient (Wildman–Crippen LogP) is 3.60. The molecule has 5 nitrogen and oxygen atoms in total. The summed E-state index contributed by atoms with van der Waals surface area (Å²) in [6.45, 7) is 6.41. The number of esters is 2. The van der Waals surface area contributed by atoms with Crippen molar-refractivity contribution >= 4 is 23.5 Å². The zero-order valence-corrected chi connectivity index (χ0v) is 15.3. The fourth-order valence-corrected chi connectivity index (χ4v) is 2.32. The Morgan fingerprint density at radius 1 is 1.29 bits per heavy atom. The van der Waals surface area contributed by atoms with Gasteiger partial charge in [-0.25, -0.2) is 4.79 Å². The Balaban J connectivity index is 2.29. The van der Waals surface area contributed by atoms with Crippen molar-refractivity contribution in [1.29, 1.82) is 0 Å². The maximum absolute atomic E-state index is 12.0. The highest BCUT2D eigenvalue weighted by molar-refractivity contribution is 6.30. The minimum atomic E-state index is -0.406. The zero-order valence-electron chi connectivity index (χ0n) is 14.5. The Labute approximate surface area is 148 Å². The Morgan fingerprint density at radius 2 is 2.04 bits per heavy atom. The Bertz CT molecular complexity index is 536. The number of benzene rings is 1. The van der Waals surface area contributed by atoms with E-state index in [1.165, 1.54) is 0 Å². The van der Waals surface area contributed by atoms with E-state index in [2.05, 4.69) is 5.32 Å². The van der Waals surface area contributed by atoms with Crippen molar-refractivity contribution in [3.63, 3.8) is 0 Å². The number of carbonyl (C=O) groups excluding carboxylic acids is 2. The molecule has 1 aromatic carbocycles. The lowest BCUT2D eigenvalue weighted by Crippen LogP contribution is -2.35. The molecule has 0 heterocycles. The zero-order chi connectivity index (χ0) is 17.9. The number of hydrogen-bond acceptors (Lipinski definition) is 5. The summed E-state index contributed by atoms with van der Waals surface area (Å²) in [5.74, 6) is -0.671. The summed E-state index contributed by atoms with van der Waals surface area (Å²) in [5, 5.41) is 3.57. The number of unbranched alkanes of at least 4 members (excludes halogenated alkanes) is 1. The van der Waals surface area contributed by atoms with Crippen LogP contribution in [0, 0.1) is 0 Å². The van der Waals surface area contributed by atoms with Gasteiger partial charge in [0.25, 0.3) is 0 Å². The molecule has 2 unspecified atom stereocenters. The Morgan fingerprint density at radius 3 is 2.71 bits per heavy atom. The van der Waals surface area contributed by atoms with E-state index in [9.17, 15) is 9.59 Å². The van der Waals surface area contributed by atoms with Crippen LogP contribution in [-0.4, -0.2) is 37.2 Å². The van der Waals surface area contributed by atoms with Gasteiger partial charge in [-0.2, -0.15) is 0 Å². The van der Waals surface area contributed by atoms with E-state index in [0.29, 0.717) is 23.6 Å². The van der Waals surface area contributed by atoms with Crippen LogP contribution in [0.5, 0.6) is 0 Å². The average molecular weight is 356 g/mol. The van der Waals surface area contributed by atoms with E-state index >= 15 is 0 Å². The molecule has 1 aromatic rings. The molecule has 0 spiro atoms. The predicted molar refractivity (Wildman–Crippen MR) is 94.3 cm³/mol. The molecule has 0 radical (unpaired) electrons. The smallest absolute Gasteiger partial charge is 0.338 e. The van der Waals surface area contributed by atoms with E-state index in [1.54, 1.807) is 24.3 Å². The van der Waals surface area contributed by atoms with Gasteiger partial charge in [-0.05, 0) is 44.9 Å². The normalized spacial score (nSPS) is 13.2. The quantitative estimate of drug-likeness (QED) is 0.513. The summed E-state index contributed by atoms with van der Waals surface area (Å²) in [5.41, 5.74) is 0.425. The molecule has 24 heavy (non-hydrogen) atoms. The van der Waals surface area contributed by atoms with Gasteiger partial charge in [-0.3, -0.25) is 4.79 Å². The number of halogens is 1. The fraction of sp³-hybridized carbons (Fsp3) is 0.556. The van der Waals surface area contributed by atoms with Crippen LogP contribution in [0.3, 0.4) is 0 Å². The first kappa shape index (κ1) is 20.5. The van der Waals surface area contributed by atoms with E-state index < -0.39 is 5.97 Å². The summed E-state index contributed by atoms with van der Waals surface area (Å²) < 4.78 is 10.5. The highest BCUT2D eigenvalue weighted by Crippen LogP contribution is 2.13. The standard InChI is InChI=1S/C18H26ClNO4/c1-4-5-9-23-17(21)12-20-13(2)10-14(3)24-18(22)15-7-6-8-16(19)11-15/h6-8,11,13-14,20H,4-5,9-10,12H2,1-3H3. The molecule has 134 valence electrons. The van der Waals surface area contributed by atoms with Crippen LogP contribution in [0.25, 0.3) is 0 Å². The lowest BCUT2D eigenvalue weighted by molar-refractivity contribution is -0.142. The minimum Gasteiger partial charge on any atom is -0.465 e. The van der Waals surface area contributed by atoms with Crippen molar-refractivity contribution in [2.45, 2.75) is 52.2 Å². The molecule has 0 aliphatic heterocycles. The molecule has 1 N–H and O–H groups in total. The number of ether oxygens (including phenoxy) is 2. The van der Waals surface area contributed by atoms with Gasteiger partial charge < -0.3 is 14.8 Å². The van der Waals surface area contributed by atoms with E-state index in [4.69, 9.17) is 21.1 Å². The lowest BCUT2D eigenvalue weighted by atomic mass is 10.1. The van der Waals surface area contributed by atoms with Gasteiger partial charge in [0, 0.05) is 11.1 Å². The van der Waals surface area contributed by atoms with Gasteiger partial charge in [-0.1, -0.05) is 31.0 Å². The molecule has 0 fully saturated rings. The average Bonchev–Trinajstić information content (AvgIpc) is 2.53. The first-order valence-electron chi connectivity index (χ1n) is 8.28. The molecule has 6 heteroatoms. The number of rotatable bonds is 10. The third kappa shape index (κ3) is 8.31. The number of hydrogen-bond donors (Lipinski definition) is 1. The van der Waals surface area contributed by atoms with Gasteiger partial charge in [0.05, 0.1) is 18.7 Å². The maximum Gasteiger partial charge on any atom is 0.338 e. The molecule has 0 aliphatic carbocycles. The van der Waals surface area contributed by atoms with Gasteiger partial charge in [-0.15, -0.1) is 0 Å². The Kier molecular flexibility index (Phi) is 9.42. The molecule has 0 aliphatic rings. The molecule has 0 aromatic heterocycles. The topological polar surface area (TPSA) is 64.6 Å². The second-order valence-corrected chi connectivity index (χ2v) is 6.25. The van der Waals surface area contributed by atoms with Crippen LogP contribution in [-0.2, 0) is 14.3 Å². The molecular weight excluding hydrogens is 330 g/mol. The first-order valence-corrected chi connectivity index (χ1v) is 8.65. The Hall–Kier alpha value is -1.59. The van der Waals surface area contributed by atoms with Crippen molar-refractivity contribution in [2.24, 2.45) is 0 Å². The molecule has 0 bridgehead atoms. The SMILES string of the molecule is CCCCOC(=O)CNC(C)CC(C)OC(=O)c1cccc(Cl)c1. The van der Waals surface area contributed by atoms with E-state index in [-0.39, 0.29) is 24.7 Å². The molecule has 0 saturated heterocycles. The molecule has 0 saturated carbocycles. The fourth-order valence-electron chi connectivity index (χ4n) is 2.13. The highest BCUT2D eigenvalue weighted by atomic mass is 35.5. The van der Waals surface area contributed by atoms with Crippen LogP contribution < -0.4 is 5.32 Å². The van der Waals surface area contributed by atoms with E-state index in [0.717, 1.165) is 12.8 Å². The third-order valence-electron chi connectivity index (χ3n) is 3.41. The van der Waals surface area contributed by atoms with Crippen LogP contribution in [0.2, 0.25) is 5.02 Å². The lowest BCUT2D eigenvalue weighted by Gasteiger charge is -2.19. The van der Waals surface area contributed by atoms with Gasteiger partial charge >= 0.3 is 11.9 Å². The van der Waals surface area contributed by atoms with Crippen molar-refractivity contribution < 1.29 is 19.1 Å². The third-order valence-corrected chi connectivity index (χ3v) is 3.64. The summed E-state index contributed by atoms with van der Waals surface area (Å²) in [4.78, 5) is 23.5. The van der Waals surface area contributed by atoms with Crippen LogP contribution in [0.15, 0.2) is 24.3 Å². The summed E-state index contributed by atoms with van der Waals surface area (Å²) in [7, 11) is 0. The second kappa shape index (κ2) is 11.0. The number of nitrogens with one attached hydrogen (secondary N) is 1. The van der Waals surface area contributed by atoms with Crippen molar-refractivity contribution in [1.82, 2.24) is 5.32 Å². The largest absolute Gasteiger partial charge is 0.465 e.